The molecule has 1 aromatic rings. The highest BCUT2D eigenvalue weighted by Gasteiger charge is 2.26. The third-order valence-electron chi connectivity index (χ3n) is 3.00. The molecule has 0 bridgehead atoms. The first kappa shape index (κ1) is 11.6. The molecular formula is C12H17NO2S. The molecule has 1 saturated heterocycles. The zero-order chi connectivity index (χ0) is 11.4. The first-order valence-electron chi connectivity index (χ1n) is 5.62. The summed E-state index contributed by atoms with van der Waals surface area (Å²) in [5.74, 6) is 0.00888. The molecule has 0 spiro atoms. The van der Waals surface area contributed by atoms with Gasteiger partial charge >= 0.3 is 5.97 Å². The smallest absolute Gasteiger partial charge is 0.309 e. The van der Waals surface area contributed by atoms with Gasteiger partial charge in [0.2, 0.25) is 0 Å². The van der Waals surface area contributed by atoms with Gasteiger partial charge in [0, 0.05) is 18.0 Å². The first-order chi connectivity index (χ1) is 7.79. The van der Waals surface area contributed by atoms with Crippen LogP contribution in [0.2, 0.25) is 0 Å². The van der Waals surface area contributed by atoms with E-state index in [1.807, 2.05) is 0 Å². The van der Waals surface area contributed by atoms with Gasteiger partial charge in [-0.25, -0.2) is 0 Å². The Bertz CT molecular complexity index is 337. The van der Waals surface area contributed by atoms with E-state index in [1.165, 1.54) is 12.0 Å². The molecule has 1 aliphatic rings. The van der Waals surface area contributed by atoms with E-state index in [4.69, 9.17) is 4.74 Å². The van der Waals surface area contributed by atoms with Gasteiger partial charge in [-0.2, -0.15) is 0 Å². The summed E-state index contributed by atoms with van der Waals surface area (Å²) in [6, 6.07) is 4.22. The number of hydrogen-bond donors (Lipinski definition) is 0. The van der Waals surface area contributed by atoms with Crippen molar-refractivity contribution in [2.45, 2.75) is 19.4 Å². The maximum atomic E-state index is 11.5. The number of rotatable bonds is 3. The van der Waals surface area contributed by atoms with Gasteiger partial charge in [0.15, 0.2) is 0 Å². The summed E-state index contributed by atoms with van der Waals surface area (Å²) in [5, 5.41) is 2.09. The molecule has 0 aromatic carbocycles. The predicted octanol–water partition coefficient (Wildman–Crippen LogP) is 2.13. The minimum Gasteiger partial charge on any atom is -0.469 e. The van der Waals surface area contributed by atoms with E-state index in [9.17, 15) is 4.79 Å². The summed E-state index contributed by atoms with van der Waals surface area (Å²) in [4.78, 5) is 15.2. The van der Waals surface area contributed by atoms with Crippen molar-refractivity contribution in [2.75, 3.05) is 20.2 Å². The van der Waals surface area contributed by atoms with Crippen LogP contribution in [0, 0.1) is 5.92 Å². The summed E-state index contributed by atoms with van der Waals surface area (Å²) in [6.45, 7) is 2.89. The van der Waals surface area contributed by atoms with Crippen molar-refractivity contribution in [3.05, 3.63) is 22.4 Å². The van der Waals surface area contributed by atoms with Gasteiger partial charge in [-0.1, -0.05) is 6.07 Å². The van der Waals surface area contributed by atoms with E-state index in [2.05, 4.69) is 22.4 Å². The maximum absolute atomic E-state index is 11.5. The van der Waals surface area contributed by atoms with Gasteiger partial charge in [0.1, 0.15) is 0 Å². The van der Waals surface area contributed by atoms with E-state index in [0.29, 0.717) is 0 Å². The Morgan fingerprint density at radius 1 is 1.69 bits per heavy atom. The second-order valence-corrected chi connectivity index (χ2v) is 5.21. The van der Waals surface area contributed by atoms with Crippen molar-refractivity contribution in [1.82, 2.24) is 4.90 Å². The number of likely N-dealkylation sites (tertiary alicyclic amines) is 1. The average Bonchev–Trinajstić information content (AvgIpc) is 2.81. The van der Waals surface area contributed by atoms with Crippen molar-refractivity contribution >= 4 is 17.3 Å². The SMILES string of the molecule is COC(=O)[C@H]1CCCN(Cc2cccs2)C1. The third kappa shape index (κ3) is 2.83. The van der Waals surface area contributed by atoms with E-state index in [1.54, 1.807) is 11.3 Å². The first-order valence-corrected chi connectivity index (χ1v) is 6.50. The number of thiophene rings is 1. The molecule has 2 heterocycles. The highest BCUT2D eigenvalue weighted by Crippen LogP contribution is 2.21. The molecule has 3 nitrogen and oxygen atoms in total. The number of carbonyl (C=O) groups is 1. The molecule has 0 N–H and O–H groups in total. The second-order valence-electron chi connectivity index (χ2n) is 4.18. The van der Waals surface area contributed by atoms with Gasteiger partial charge in [-0.3, -0.25) is 9.69 Å². The van der Waals surface area contributed by atoms with Gasteiger partial charge < -0.3 is 4.74 Å². The van der Waals surface area contributed by atoms with Crippen LogP contribution in [0.4, 0.5) is 0 Å². The largest absolute Gasteiger partial charge is 0.469 e. The number of esters is 1. The summed E-state index contributed by atoms with van der Waals surface area (Å²) in [6.07, 6.45) is 2.05. The van der Waals surface area contributed by atoms with Crippen LogP contribution in [0.15, 0.2) is 17.5 Å². The van der Waals surface area contributed by atoms with E-state index in [-0.39, 0.29) is 11.9 Å². The van der Waals surface area contributed by atoms with E-state index < -0.39 is 0 Å². The molecule has 88 valence electrons. The molecule has 0 saturated carbocycles. The Morgan fingerprint density at radius 2 is 2.56 bits per heavy atom. The van der Waals surface area contributed by atoms with Crippen LogP contribution in [-0.2, 0) is 16.1 Å². The normalized spacial score (nSPS) is 21.9. The van der Waals surface area contributed by atoms with Crippen LogP contribution in [0.3, 0.4) is 0 Å². The molecule has 1 aromatic heterocycles. The number of piperidine rings is 1. The summed E-state index contributed by atoms with van der Waals surface area (Å²) in [7, 11) is 1.47. The van der Waals surface area contributed by atoms with Gasteiger partial charge in [-0.15, -0.1) is 11.3 Å². The van der Waals surface area contributed by atoms with Gasteiger partial charge in [0.25, 0.3) is 0 Å². The topological polar surface area (TPSA) is 29.5 Å². The zero-order valence-electron chi connectivity index (χ0n) is 9.52. The van der Waals surface area contributed by atoms with Crippen LogP contribution in [0.1, 0.15) is 17.7 Å². The summed E-state index contributed by atoms with van der Waals surface area (Å²) in [5.41, 5.74) is 0. The molecule has 16 heavy (non-hydrogen) atoms. The van der Waals surface area contributed by atoms with Crippen LogP contribution < -0.4 is 0 Å². The molecule has 0 amide bonds. The Morgan fingerprint density at radius 3 is 3.25 bits per heavy atom. The van der Waals surface area contributed by atoms with Crippen molar-refractivity contribution in [3.63, 3.8) is 0 Å². The van der Waals surface area contributed by atoms with Crippen LogP contribution in [-0.4, -0.2) is 31.1 Å². The maximum Gasteiger partial charge on any atom is 0.309 e. The van der Waals surface area contributed by atoms with Crippen LogP contribution in [0.25, 0.3) is 0 Å². The number of carbonyl (C=O) groups excluding carboxylic acids is 1. The van der Waals surface area contributed by atoms with Crippen molar-refractivity contribution in [1.29, 1.82) is 0 Å². The molecular weight excluding hydrogens is 222 g/mol. The number of methoxy groups -OCH3 is 1. The predicted molar refractivity (Wildman–Crippen MR) is 64.3 cm³/mol. The Kier molecular flexibility index (Phi) is 3.96. The highest BCUT2D eigenvalue weighted by atomic mass is 32.1. The fourth-order valence-corrected chi connectivity index (χ4v) is 2.93. The minimum absolute atomic E-state index is 0.0594. The summed E-state index contributed by atoms with van der Waals surface area (Å²) < 4.78 is 4.81. The highest BCUT2D eigenvalue weighted by molar-refractivity contribution is 7.09. The van der Waals surface area contributed by atoms with E-state index >= 15 is 0 Å². The van der Waals surface area contributed by atoms with E-state index in [0.717, 1.165) is 32.5 Å². The quantitative estimate of drug-likeness (QED) is 0.757. The van der Waals surface area contributed by atoms with Gasteiger partial charge in [0.05, 0.1) is 13.0 Å². The Hall–Kier alpha value is -0.870. The fourth-order valence-electron chi connectivity index (χ4n) is 2.18. The molecule has 1 fully saturated rings. The standard InChI is InChI=1S/C12H17NO2S/c1-15-12(14)10-4-2-6-13(8-10)9-11-5-3-7-16-11/h3,5,7,10H,2,4,6,8-9H2,1H3/t10-/m0/s1. The third-order valence-corrected chi connectivity index (χ3v) is 3.86. The fraction of sp³-hybridized carbons (Fsp3) is 0.583. The van der Waals surface area contributed by atoms with Crippen LogP contribution >= 0.6 is 11.3 Å². The van der Waals surface area contributed by atoms with Crippen molar-refractivity contribution in [2.24, 2.45) is 5.92 Å². The molecule has 4 heteroatoms. The van der Waals surface area contributed by atoms with Crippen LogP contribution in [0.5, 0.6) is 0 Å². The second kappa shape index (κ2) is 5.46. The monoisotopic (exact) mass is 239 g/mol. The lowest BCUT2D eigenvalue weighted by molar-refractivity contribution is -0.147. The minimum atomic E-state index is -0.0594. The molecule has 1 atom stereocenters. The van der Waals surface area contributed by atoms with Crippen molar-refractivity contribution in [3.8, 4) is 0 Å². The number of ether oxygens (including phenoxy) is 1. The Balaban J connectivity index is 1.89. The lowest BCUT2D eigenvalue weighted by Crippen LogP contribution is -2.38. The number of hydrogen-bond acceptors (Lipinski definition) is 4. The molecule has 0 unspecified atom stereocenters. The van der Waals surface area contributed by atoms with Crippen molar-refractivity contribution < 1.29 is 9.53 Å². The molecule has 0 radical (unpaired) electrons. The summed E-state index contributed by atoms with van der Waals surface area (Å²) >= 11 is 1.77. The molecule has 1 aliphatic heterocycles. The lowest BCUT2D eigenvalue weighted by Gasteiger charge is -2.30. The number of nitrogens with zero attached hydrogens (tertiary/aromatic N) is 1. The Labute approximate surface area is 100 Å². The van der Waals surface area contributed by atoms with Gasteiger partial charge in [-0.05, 0) is 30.8 Å². The average molecular weight is 239 g/mol. The molecule has 0 aliphatic carbocycles. The molecule has 2 rings (SSSR count). The lowest BCUT2D eigenvalue weighted by atomic mass is 9.98. The zero-order valence-corrected chi connectivity index (χ0v) is 10.3.